The first kappa shape index (κ1) is 19.0. The van der Waals surface area contributed by atoms with Crippen molar-refractivity contribution in [2.75, 3.05) is 20.2 Å². The van der Waals surface area contributed by atoms with E-state index in [9.17, 15) is 14.7 Å². The van der Waals surface area contributed by atoms with Crippen molar-refractivity contribution in [3.05, 3.63) is 58.6 Å². The van der Waals surface area contributed by atoms with E-state index >= 15 is 0 Å². The molecule has 6 nitrogen and oxygen atoms in total. The highest BCUT2D eigenvalue weighted by Gasteiger charge is 2.25. The summed E-state index contributed by atoms with van der Waals surface area (Å²) in [7, 11) is 1.51. The molecule has 0 aliphatic carbocycles. The van der Waals surface area contributed by atoms with Crippen molar-refractivity contribution in [3.63, 3.8) is 0 Å². The van der Waals surface area contributed by atoms with Crippen molar-refractivity contribution in [2.24, 2.45) is 0 Å². The van der Waals surface area contributed by atoms with Crippen LogP contribution in [0, 0.1) is 0 Å². The number of methoxy groups -OCH3 is 1. The second-order valence-electron chi connectivity index (χ2n) is 6.43. The average Bonchev–Trinajstić information content (AvgIpc) is 2.68. The van der Waals surface area contributed by atoms with Crippen LogP contribution in [0.5, 0.6) is 11.5 Å². The molecule has 0 spiro atoms. The molecule has 0 atom stereocenters. The van der Waals surface area contributed by atoms with Gasteiger partial charge in [0.15, 0.2) is 0 Å². The number of hydrogen-bond donors (Lipinski definition) is 2. The first-order chi connectivity index (χ1) is 13.0. The largest absolute Gasteiger partial charge is 0.508 e. The normalized spacial score (nSPS) is 14.7. The van der Waals surface area contributed by atoms with Crippen LogP contribution < -0.4 is 10.1 Å². The van der Waals surface area contributed by atoms with Crippen molar-refractivity contribution >= 4 is 23.4 Å². The molecule has 1 heterocycles. The summed E-state index contributed by atoms with van der Waals surface area (Å²) >= 11 is 5.99. The summed E-state index contributed by atoms with van der Waals surface area (Å²) in [4.78, 5) is 26.8. The number of halogens is 1. The number of ether oxygens (including phenoxy) is 1. The van der Waals surface area contributed by atoms with Gasteiger partial charge >= 0.3 is 0 Å². The Balaban J connectivity index is 1.59. The van der Waals surface area contributed by atoms with Gasteiger partial charge in [-0.1, -0.05) is 17.7 Å². The highest BCUT2D eigenvalue weighted by molar-refractivity contribution is 6.31. The van der Waals surface area contributed by atoms with E-state index in [0.717, 1.165) is 0 Å². The Hall–Kier alpha value is -2.73. The van der Waals surface area contributed by atoms with E-state index in [1.807, 2.05) is 0 Å². The van der Waals surface area contributed by atoms with E-state index in [1.165, 1.54) is 19.2 Å². The van der Waals surface area contributed by atoms with Crippen molar-refractivity contribution in [1.82, 2.24) is 10.2 Å². The number of nitrogens with zero attached hydrogens (tertiary/aromatic N) is 1. The zero-order valence-electron chi connectivity index (χ0n) is 14.9. The number of phenolic OH excluding ortho intramolecular Hbond substituents is 1. The minimum absolute atomic E-state index is 0.0330. The molecule has 2 N–H and O–H groups in total. The lowest BCUT2D eigenvalue weighted by Crippen LogP contribution is -2.46. The second kappa shape index (κ2) is 8.31. The lowest BCUT2D eigenvalue weighted by molar-refractivity contribution is 0.0697. The topological polar surface area (TPSA) is 78.9 Å². The minimum atomic E-state index is -0.243. The fourth-order valence-corrected chi connectivity index (χ4v) is 3.34. The fourth-order valence-electron chi connectivity index (χ4n) is 3.17. The summed E-state index contributed by atoms with van der Waals surface area (Å²) in [5.41, 5.74) is 0.851. The van der Waals surface area contributed by atoms with Crippen LogP contribution in [0.3, 0.4) is 0 Å². The van der Waals surface area contributed by atoms with Gasteiger partial charge in [0, 0.05) is 29.7 Å². The molecule has 0 radical (unpaired) electrons. The van der Waals surface area contributed by atoms with Gasteiger partial charge in [-0.05, 0) is 49.2 Å². The zero-order valence-corrected chi connectivity index (χ0v) is 15.7. The molecule has 0 aromatic heterocycles. The number of amides is 2. The standard InChI is InChI=1S/C20H21ClN2O4/c1-27-18-6-5-14(21)12-17(18)19(25)22-15-7-9-23(10-8-15)20(26)13-3-2-4-16(24)11-13/h2-6,11-12,15,24H,7-10H2,1H3,(H,22,25). The SMILES string of the molecule is COc1ccc(Cl)cc1C(=O)NC1CCN(C(=O)c2cccc(O)c2)CC1. The summed E-state index contributed by atoms with van der Waals surface area (Å²) in [5, 5.41) is 13.0. The average molecular weight is 389 g/mol. The molecule has 3 rings (SSSR count). The number of hydrogen-bond acceptors (Lipinski definition) is 4. The van der Waals surface area contributed by atoms with Crippen LogP contribution in [-0.2, 0) is 0 Å². The van der Waals surface area contributed by atoms with Crippen LogP contribution in [0.25, 0.3) is 0 Å². The number of phenols is 1. The van der Waals surface area contributed by atoms with Gasteiger partial charge in [0.25, 0.3) is 11.8 Å². The summed E-state index contributed by atoms with van der Waals surface area (Å²) in [6.07, 6.45) is 1.30. The molecule has 2 aromatic rings. The number of piperidine rings is 1. The molecule has 0 saturated carbocycles. The number of carbonyl (C=O) groups is 2. The van der Waals surface area contributed by atoms with Gasteiger partial charge in [0.1, 0.15) is 11.5 Å². The quantitative estimate of drug-likeness (QED) is 0.843. The number of rotatable bonds is 4. The first-order valence-corrected chi connectivity index (χ1v) is 9.08. The lowest BCUT2D eigenvalue weighted by Gasteiger charge is -2.32. The third kappa shape index (κ3) is 4.52. The number of likely N-dealkylation sites (tertiary alicyclic amines) is 1. The van der Waals surface area contributed by atoms with Gasteiger partial charge in [-0.2, -0.15) is 0 Å². The molecule has 1 fully saturated rings. The lowest BCUT2D eigenvalue weighted by atomic mass is 10.0. The second-order valence-corrected chi connectivity index (χ2v) is 6.87. The molecule has 0 bridgehead atoms. The van der Waals surface area contributed by atoms with Crippen LogP contribution in [0.2, 0.25) is 5.02 Å². The molecule has 1 aliphatic heterocycles. The van der Waals surface area contributed by atoms with Crippen molar-refractivity contribution in [2.45, 2.75) is 18.9 Å². The van der Waals surface area contributed by atoms with Gasteiger partial charge in [-0.25, -0.2) is 0 Å². The summed E-state index contributed by atoms with van der Waals surface area (Å²) < 4.78 is 5.22. The maximum atomic E-state index is 12.6. The molecular formula is C20H21ClN2O4. The van der Waals surface area contributed by atoms with Crippen LogP contribution in [0.1, 0.15) is 33.6 Å². The van der Waals surface area contributed by atoms with E-state index in [4.69, 9.17) is 16.3 Å². The van der Waals surface area contributed by atoms with E-state index in [2.05, 4.69) is 5.32 Å². The summed E-state index contributed by atoms with van der Waals surface area (Å²) in [6.45, 7) is 1.07. The minimum Gasteiger partial charge on any atom is -0.508 e. The van der Waals surface area contributed by atoms with Crippen LogP contribution in [0.15, 0.2) is 42.5 Å². The van der Waals surface area contributed by atoms with Crippen LogP contribution in [0.4, 0.5) is 0 Å². The molecule has 0 unspecified atom stereocenters. The Morgan fingerprint density at radius 1 is 1.19 bits per heavy atom. The summed E-state index contributed by atoms with van der Waals surface area (Å²) in [6, 6.07) is 11.2. The van der Waals surface area contributed by atoms with E-state index in [0.29, 0.717) is 47.8 Å². The molecule has 27 heavy (non-hydrogen) atoms. The monoisotopic (exact) mass is 388 g/mol. The van der Waals surface area contributed by atoms with Crippen molar-refractivity contribution < 1.29 is 19.4 Å². The first-order valence-electron chi connectivity index (χ1n) is 8.70. The van der Waals surface area contributed by atoms with E-state index in [1.54, 1.807) is 35.2 Å². The van der Waals surface area contributed by atoms with Crippen molar-refractivity contribution in [1.29, 1.82) is 0 Å². The Labute approximate surface area is 162 Å². The van der Waals surface area contributed by atoms with E-state index in [-0.39, 0.29) is 23.6 Å². The Kier molecular flexibility index (Phi) is 5.86. The smallest absolute Gasteiger partial charge is 0.255 e. The van der Waals surface area contributed by atoms with Crippen LogP contribution in [-0.4, -0.2) is 48.1 Å². The number of aromatic hydroxyl groups is 1. The Morgan fingerprint density at radius 3 is 2.59 bits per heavy atom. The van der Waals surface area contributed by atoms with Crippen molar-refractivity contribution in [3.8, 4) is 11.5 Å². The molecule has 142 valence electrons. The predicted octanol–water partition coefficient (Wildman–Crippen LogP) is 3.09. The molecule has 1 saturated heterocycles. The third-order valence-corrected chi connectivity index (χ3v) is 4.85. The number of benzene rings is 2. The molecule has 2 amide bonds. The Bertz CT molecular complexity index is 848. The molecule has 7 heteroatoms. The van der Waals surface area contributed by atoms with Gasteiger partial charge in [-0.15, -0.1) is 0 Å². The maximum Gasteiger partial charge on any atom is 0.255 e. The number of nitrogens with one attached hydrogen (secondary N) is 1. The van der Waals surface area contributed by atoms with Gasteiger partial charge in [0.05, 0.1) is 12.7 Å². The van der Waals surface area contributed by atoms with Crippen LogP contribution >= 0.6 is 11.6 Å². The Morgan fingerprint density at radius 2 is 1.93 bits per heavy atom. The van der Waals surface area contributed by atoms with Gasteiger partial charge in [0.2, 0.25) is 0 Å². The highest BCUT2D eigenvalue weighted by Crippen LogP contribution is 2.23. The predicted molar refractivity (Wildman–Crippen MR) is 103 cm³/mol. The number of carbonyl (C=O) groups excluding carboxylic acids is 2. The highest BCUT2D eigenvalue weighted by atomic mass is 35.5. The third-order valence-electron chi connectivity index (χ3n) is 4.62. The zero-order chi connectivity index (χ0) is 19.4. The molecule has 1 aliphatic rings. The maximum absolute atomic E-state index is 12.6. The van der Waals surface area contributed by atoms with Gasteiger partial charge in [-0.3, -0.25) is 9.59 Å². The summed E-state index contributed by atoms with van der Waals surface area (Å²) in [5.74, 6) is 0.172. The van der Waals surface area contributed by atoms with E-state index < -0.39 is 0 Å². The van der Waals surface area contributed by atoms with Gasteiger partial charge < -0.3 is 20.1 Å². The molecular weight excluding hydrogens is 368 g/mol. The molecule has 2 aromatic carbocycles. The fraction of sp³-hybridized carbons (Fsp3) is 0.300.